The Morgan fingerprint density at radius 3 is 2.17 bits per heavy atom. The van der Waals surface area contributed by atoms with Gasteiger partial charge in [-0.25, -0.2) is 0 Å². The second kappa shape index (κ2) is 5.13. The van der Waals surface area contributed by atoms with E-state index in [1.807, 2.05) is 0 Å². The molecule has 0 radical (unpaired) electrons. The lowest BCUT2D eigenvalue weighted by atomic mass is 9.74. The Hall–Kier alpha value is -0.0800. The molecule has 1 saturated heterocycles. The van der Waals surface area contributed by atoms with Crippen LogP contribution in [0.1, 0.15) is 59.8 Å². The summed E-state index contributed by atoms with van der Waals surface area (Å²) in [5.74, 6) is 1.76. The molecule has 2 N–H and O–H groups in total. The number of hydrogen-bond donors (Lipinski definition) is 1. The fourth-order valence-corrected chi connectivity index (χ4v) is 4.19. The second-order valence-corrected chi connectivity index (χ2v) is 7.90. The quantitative estimate of drug-likeness (QED) is 0.817. The van der Waals surface area contributed by atoms with E-state index in [1.165, 1.54) is 45.2 Å². The maximum Gasteiger partial charge on any atom is 0.0334 e. The summed E-state index contributed by atoms with van der Waals surface area (Å²) in [5.41, 5.74) is 6.97. The van der Waals surface area contributed by atoms with Crippen LogP contribution >= 0.6 is 0 Å². The maximum atomic E-state index is 6.14. The Morgan fingerprint density at radius 2 is 1.78 bits per heavy atom. The van der Waals surface area contributed by atoms with Gasteiger partial charge in [0.2, 0.25) is 0 Å². The first-order valence-electron chi connectivity index (χ1n) is 7.82. The van der Waals surface area contributed by atoms with Crippen molar-refractivity contribution in [2.24, 2.45) is 23.0 Å². The highest BCUT2D eigenvalue weighted by molar-refractivity contribution is 4.99. The smallest absolute Gasteiger partial charge is 0.0334 e. The van der Waals surface area contributed by atoms with Gasteiger partial charge in [-0.2, -0.15) is 0 Å². The van der Waals surface area contributed by atoms with E-state index in [4.69, 9.17) is 5.73 Å². The van der Waals surface area contributed by atoms with E-state index in [0.29, 0.717) is 11.0 Å². The van der Waals surface area contributed by atoms with Gasteiger partial charge in [-0.05, 0) is 62.4 Å². The van der Waals surface area contributed by atoms with E-state index < -0.39 is 0 Å². The molecule has 18 heavy (non-hydrogen) atoms. The van der Waals surface area contributed by atoms with E-state index in [9.17, 15) is 0 Å². The summed E-state index contributed by atoms with van der Waals surface area (Å²) in [6.07, 6.45) is 6.74. The Kier molecular flexibility index (Phi) is 4.08. The van der Waals surface area contributed by atoms with E-state index in [0.717, 1.165) is 18.4 Å². The standard InChI is InChI=1S/C16H32N2/c1-13-5-8-16(11-13,12-17)18-9-6-14(7-10-18)15(2,3)4/h13-14H,5-12,17H2,1-4H3. The summed E-state index contributed by atoms with van der Waals surface area (Å²) in [7, 11) is 0. The molecule has 0 aromatic heterocycles. The zero-order valence-electron chi connectivity index (χ0n) is 12.8. The molecule has 2 heteroatoms. The van der Waals surface area contributed by atoms with Crippen molar-refractivity contribution < 1.29 is 0 Å². The fraction of sp³-hybridized carbons (Fsp3) is 1.00. The lowest BCUT2D eigenvalue weighted by molar-refractivity contribution is 0.0309. The van der Waals surface area contributed by atoms with Crippen molar-refractivity contribution in [2.45, 2.75) is 65.3 Å². The van der Waals surface area contributed by atoms with Gasteiger partial charge in [0, 0.05) is 12.1 Å². The number of likely N-dealkylation sites (tertiary alicyclic amines) is 1. The molecule has 106 valence electrons. The molecule has 2 rings (SSSR count). The summed E-state index contributed by atoms with van der Waals surface area (Å²) in [6.45, 7) is 13.0. The Bertz CT molecular complexity index is 273. The topological polar surface area (TPSA) is 29.3 Å². The minimum atomic E-state index is 0.349. The van der Waals surface area contributed by atoms with Gasteiger partial charge in [0.05, 0.1) is 0 Å². The van der Waals surface area contributed by atoms with Gasteiger partial charge in [0.15, 0.2) is 0 Å². The molecule has 1 aliphatic heterocycles. The predicted octanol–water partition coefficient (Wildman–Crippen LogP) is 3.26. The van der Waals surface area contributed by atoms with E-state index in [1.54, 1.807) is 0 Å². The average Bonchev–Trinajstić information content (AvgIpc) is 2.71. The molecule has 0 aromatic carbocycles. The van der Waals surface area contributed by atoms with Crippen molar-refractivity contribution in [1.82, 2.24) is 4.90 Å². The second-order valence-electron chi connectivity index (χ2n) is 7.90. The molecule has 0 aromatic rings. The molecule has 2 nitrogen and oxygen atoms in total. The minimum Gasteiger partial charge on any atom is -0.329 e. The molecule has 0 bridgehead atoms. The molecule has 1 heterocycles. The summed E-state index contributed by atoms with van der Waals surface area (Å²) in [6, 6.07) is 0. The number of hydrogen-bond acceptors (Lipinski definition) is 2. The largest absolute Gasteiger partial charge is 0.329 e. The van der Waals surface area contributed by atoms with Crippen LogP contribution in [0.3, 0.4) is 0 Å². The minimum absolute atomic E-state index is 0.349. The molecule has 1 aliphatic carbocycles. The van der Waals surface area contributed by atoms with Crippen molar-refractivity contribution >= 4 is 0 Å². The molecule has 2 unspecified atom stereocenters. The molecule has 2 aliphatic rings. The first kappa shape index (κ1) is 14.3. The SMILES string of the molecule is CC1CCC(CN)(N2CCC(C(C)(C)C)CC2)C1. The molecule has 1 saturated carbocycles. The zero-order valence-corrected chi connectivity index (χ0v) is 12.8. The van der Waals surface area contributed by atoms with Crippen molar-refractivity contribution in [3.63, 3.8) is 0 Å². The molecular weight excluding hydrogens is 220 g/mol. The van der Waals surface area contributed by atoms with Crippen LogP contribution in [0.4, 0.5) is 0 Å². The highest BCUT2D eigenvalue weighted by Crippen LogP contribution is 2.42. The van der Waals surface area contributed by atoms with E-state index in [2.05, 4.69) is 32.6 Å². The Balaban J connectivity index is 1.96. The Morgan fingerprint density at radius 1 is 1.17 bits per heavy atom. The van der Waals surface area contributed by atoms with E-state index in [-0.39, 0.29) is 0 Å². The predicted molar refractivity (Wildman–Crippen MR) is 78.6 cm³/mol. The van der Waals surface area contributed by atoms with Crippen LogP contribution in [0.15, 0.2) is 0 Å². The molecule has 0 amide bonds. The third-order valence-electron chi connectivity index (χ3n) is 5.60. The van der Waals surface area contributed by atoms with Gasteiger partial charge in [-0.1, -0.05) is 27.7 Å². The first-order valence-corrected chi connectivity index (χ1v) is 7.82. The highest BCUT2D eigenvalue weighted by atomic mass is 15.2. The van der Waals surface area contributed by atoms with E-state index >= 15 is 0 Å². The van der Waals surface area contributed by atoms with Gasteiger partial charge >= 0.3 is 0 Å². The number of nitrogens with zero attached hydrogens (tertiary/aromatic N) is 1. The number of piperidine rings is 1. The van der Waals surface area contributed by atoms with Gasteiger partial charge < -0.3 is 5.73 Å². The van der Waals surface area contributed by atoms with Gasteiger partial charge in [0.25, 0.3) is 0 Å². The summed E-state index contributed by atoms with van der Waals surface area (Å²) >= 11 is 0. The molecular formula is C16H32N2. The number of nitrogens with two attached hydrogens (primary N) is 1. The van der Waals surface area contributed by atoms with Crippen LogP contribution in [0, 0.1) is 17.3 Å². The Labute approximate surface area is 113 Å². The molecule has 2 atom stereocenters. The van der Waals surface area contributed by atoms with Crippen molar-refractivity contribution in [3.8, 4) is 0 Å². The van der Waals surface area contributed by atoms with Crippen LogP contribution < -0.4 is 5.73 Å². The van der Waals surface area contributed by atoms with Crippen molar-refractivity contribution in [3.05, 3.63) is 0 Å². The monoisotopic (exact) mass is 252 g/mol. The number of rotatable bonds is 2. The van der Waals surface area contributed by atoms with Crippen LogP contribution in [0.2, 0.25) is 0 Å². The van der Waals surface area contributed by atoms with Gasteiger partial charge in [-0.15, -0.1) is 0 Å². The maximum absolute atomic E-state index is 6.14. The fourth-order valence-electron chi connectivity index (χ4n) is 4.19. The van der Waals surface area contributed by atoms with Crippen LogP contribution in [-0.4, -0.2) is 30.1 Å². The normalized spacial score (nSPS) is 36.2. The molecule has 0 spiro atoms. The lowest BCUT2D eigenvalue weighted by Crippen LogP contribution is -2.55. The summed E-state index contributed by atoms with van der Waals surface area (Å²) < 4.78 is 0. The van der Waals surface area contributed by atoms with Gasteiger partial charge in [-0.3, -0.25) is 4.90 Å². The van der Waals surface area contributed by atoms with Crippen molar-refractivity contribution in [2.75, 3.05) is 19.6 Å². The van der Waals surface area contributed by atoms with Crippen LogP contribution in [0.5, 0.6) is 0 Å². The summed E-state index contributed by atoms with van der Waals surface area (Å²) in [5, 5.41) is 0. The zero-order chi connectivity index (χ0) is 13.4. The lowest BCUT2D eigenvalue weighted by Gasteiger charge is -2.47. The molecule has 2 fully saturated rings. The third kappa shape index (κ3) is 2.75. The summed E-state index contributed by atoms with van der Waals surface area (Å²) in [4.78, 5) is 2.73. The first-order chi connectivity index (χ1) is 8.37. The average molecular weight is 252 g/mol. The van der Waals surface area contributed by atoms with Crippen LogP contribution in [-0.2, 0) is 0 Å². The van der Waals surface area contributed by atoms with Gasteiger partial charge in [0.1, 0.15) is 0 Å². The third-order valence-corrected chi connectivity index (χ3v) is 5.60. The van der Waals surface area contributed by atoms with Crippen molar-refractivity contribution in [1.29, 1.82) is 0 Å². The van der Waals surface area contributed by atoms with Crippen LogP contribution in [0.25, 0.3) is 0 Å². The highest BCUT2D eigenvalue weighted by Gasteiger charge is 2.43.